The summed E-state index contributed by atoms with van der Waals surface area (Å²) in [7, 11) is 0. The van der Waals surface area contributed by atoms with E-state index in [-0.39, 0.29) is 11.7 Å². The molecule has 2 rings (SSSR count). The second-order valence-corrected chi connectivity index (χ2v) is 2.76. The van der Waals surface area contributed by atoms with E-state index >= 15 is 0 Å². The first-order chi connectivity index (χ1) is 5.81. The van der Waals surface area contributed by atoms with Crippen molar-refractivity contribution in [1.82, 2.24) is 9.97 Å². The number of aromatic amines is 1. The van der Waals surface area contributed by atoms with Crippen molar-refractivity contribution >= 4 is 22.6 Å². The molecule has 1 aromatic heterocycles. The van der Waals surface area contributed by atoms with Gasteiger partial charge < -0.3 is 4.98 Å². The predicted molar refractivity (Wildman–Crippen MR) is 45.6 cm³/mol. The number of H-pyrrole nitrogens is 1. The van der Waals surface area contributed by atoms with Gasteiger partial charge in [0.1, 0.15) is 5.82 Å². The number of halogens is 2. The number of nitrogens with one attached hydrogen (secondary N) is 1. The van der Waals surface area contributed by atoms with Crippen molar-refractivity contribution in [1.29, 1.82) is 0 Å². The molecule has 62 valence electrons. The number of alkyl halides is 1. The molecule has 4 heteroatoms. The fraction of sp³-hybridized carbons (Fsp3) is 0.125. The van der Waals surface area contributed by atoms with Crippen molar-refractivity contribution in [3.63, 3.8) is 0 Å². The molecule has 0 saturated carbocycles. The van der Waals surface area contributed by atoms with E-state index in [2.05, 4.69) is 9.97 Å². The largest absolute Gasteiger partial charge is 0.345 e. The van der Waals surface area contributed by atoms with Gasteiger partial charge in [-0.1, -0.05) is 0 Å². The highest BCUT2D eigenvalue weighted by Crippen LogP contribution is 2.17. The number of hydrogen-bond acceptors (Lipinski definition) is 1. The second kappa shape index (κ2) is 2.75. The zero-order chi connectivity index (χ0) is 8.55. The number of aromatic nitrogens is 2. The zero-order valence-electron chi connectivity index (χ0n) is 6.14. The Morgan fingerprint density at radius 3 is 3.08 bits per heavy atom. The van der Waals surface area contributed by atoms with E-state index in [1.807, 2.05) is 0 Å². The fourth-order valence-corrected chi connectivity index (χ4v) is 1.31. The van der Waals surface area contributed by atoms with E-state index in [4.69, 9.17) is 11.6 Å². The molecule has 0 unspecified atom stereocenters. The third kappa shape index (κ3) is 1.06. The van der Waals surface area contributed by atoms with Crippen molar-refractivity contribution < 1.29 is 4.39 Å². The van der Waals surface area contributed by atoms with Gasteiger partial charge in [0.15, 0.2) is 0 Å². The summed E-state index contributed by atoms with van der Waals surface area (Å²) in [6.45, 7) is 0. The van der Waals surface area contributed by atoms with Crippen LogP contribution in [-0.2, 0) is 5.88 Å². The molecule has 0 atom stereocenters. The van der Waals surface area contributed by atoms with Gasteiger partial charge in [0.2, 0.25) is 0 Å². The number of rotatable bonds is 1. The standard InChI is InChI=1S/C8H6ClFN2/c9-3-5-1-7-8(2-6(5)10)12-4-11-7/h1-2,4H,3H2,(H,11,12). The van der Waals surface area contributed by atoms with E-state index in [9.17, 15) is 4.39 Å². The Balaban J connectivity index is 2.73. The van der Waals surface area contributed by atoms with Gasteiger partial charge in [-0.15, -0.1) is 11.6 Å². The fourth-order valence-electron chi connectivity index (χ4n) is 1.10. The van der Waals surface area contributed by atoms with Crippen molar-refractivity contribution in [3.8, 4) is 0 Å². The molecule has 0 radical (unpaired) electrons. The van der Waals surface area contributed by atoms with Crippen LogP contribution in [0.2, 0.25) is 0 Å². The highest BCUT2D eigenvalue weighted by atomic mass is 35.5. The first-order valence-corrected chi connectivity index (χ1v) is 4.02. The zero-order valence-corrected chi connectivity index (χ0v) is 6.90. The molecule has 1 N–H and O–H groups in total. The Kier molecular flexibility index (Phi) is 1.73. The average Bonchev–Trinajstić information content (AvgIpc) is 2.49. The summed E-state index contributed by atoms with van der Waals surface area (Å²) in [6, 6.07) is 3.05. The maximum Gasteiger partial charge on any atom is 0.129 e. The van der Waals surface area contributed by atoms with Crippen LogP contribution in [0.25, 0.3) is 11.0 Å². The maximum absolute atomic E-state index is 13.1. The van der Waals surface area contributed by atoms with Gasteiger partial charge in [-0.2, -0.15) is 0 Å². The first kappa shape index (κ1) is 7.55. The number of nitrogens with zero attached hydrogens (tertiary/aromatic N) is 1. The van der Waals surface area contributed by atoms with Crippen molar-refractivity contribution in [2.45, 2.75) is 5.88 Å². The summed E-state index contributed by atoms with van der Waals surface area (Å²) in [4.78, 5) is 6.80. The van der Waals surface area contributed by atoms with Gasteiger partial charge in [0.05, 0.1) is 23.2 Å². The Bertz CT molecular complexity index is 410. The van der Waals surface area contributed by atoms with Crippen LogP contribution >= 0.6 is 11.6 Å². The molecule has 1 heterocycles. The molecule has 2 aromatic rings. The molecule has 0 saturated heterocycles. The molecule has 0 amide bonds. The molecule has 0 fully saturated rings. The van der Waals surface area contributed by atoms with Crippen LogP contribution in [0.15, 0.2) is 18.5 Å². The summed E-state index contributed by atoms with van der Waals surface area (Å²) in [6.07, 6.45) is 1.53. The Morgan fingerprint density at radius 2 is 2.33 bits per heavy atom. The minimum Gasteiger partial charge on any atom is -0.345 e. The normalized spacial score (nSPS) is 10.8. The Hall–Kier alpha value is -1.09. The van der Waals surface area contributed by atoms with Crippen molar-refractivity contribution in [3.05, 3.63) is 29.8 Å². The quantitative estimate of drug-likeness (QED) is 0.678. The molecule has 0 aliphatic heterocycles. The van der Waals surface area contributed by atoms with Crippen LogP contribution in [0.4, 0.5) is 4.39 Å². The second-order valence-electron chi connectivity index (χ2n) is 2.50. The monoisotopic (exact) mass is 184 g/mol. The third-order valence-electron chi connectivity index (χ3n) is 1.73. The van der Waals surface area contributed by atoms with E-state index in [1.165, 1.54) is 12.4 Å². The van der Waals surface area contributed by atoms with E-state index in [0.717, 1.165) is 5.52 Å². The summed E-state index contributed by atoms with van der Waals surface area (Å²) >= 11 is 5.53. The SMILES string of the molecule is Fc1cc2nc[nH]c2cc1CCl. The van der Waals surface area contributed by atoms with Gasteiger partial charge in [-0.3, -0.25) is 0 Å². The van der Waals surface area contributed by atoms with Gasteiger partial charge in [-0.05, 0) is 6.07 Å². The van der Waals surface area contributed by atoms with E-state index in [0.29, 0.717) is 11.1 Å². The van der Waals surface area contributed by atoms with Crippen LogP contribution in [-0.4, -0.2) is 9.97 Å². The molecular weight excluding hydrogens is 179 g/mol. The smallest absolute Gasteiger partial charge is 0.129 e. The van der Waals surface area contributed by atoms with Crippen molar-refractivity contribution in [2.75, 3.05) is 0 Å². The lowest BCUT2D eigenvalue weighted by Gasteiger charge is -1.96. The Morgan fingerprint density at radius 1 is 1.50 bits per heavy atom. The minimum atomic E-state index is -0.301. The van der Waals surface area contributed by atoms with Gasteiger partial charge in [0, 0.05) is 11.6 Å². The van der Waals surface area contributed by atoms with Crippen LogP contribution in [0.1, 0.15) is 5.56 Å². The lowest BCUT2D eigenvalue weighted by Crippen LogP contribution is -1.85. The van der Waals surface area contributed by atoms with Crippen molar-refractivity contribution in [2.24, 2.45) is 0 Å². The molecule has 2 nitrogen and oxygen atoms in total. The molecule has 0 bridgehead atoms. The summed E-state index contributed by atoms with van der Waals surface area (Å²) in [5.41, 5.74) is 1.93. The van der Waals surface area contributed by atoms with Crippen LogP contribution in [0, 0.1) is 5.82 Å². The maximum atomic E-state index is 13.1. The number of fused-ring (bicyclic) bond motifs is 1. The molecule has 12 heavy (non-hydrogen) atoms. The Labute approximate surface area is 73.4 Å². The number of hydrogen-bond donors (Lipinski definition) is 1. The lowest BCUT2D eigenvalue weighted by atomic mass is 10.2. The van der Waals surface area contributed by atoms with Gasteiger partial charge in [0.25, 0.3) is 0 Å². The summed E-state index contributed by atoms with van der Waals surface area (Å²) in [5, 5.41) is 0. The highest BCUT2D eigenvalue weighted by Gasteiger charge is 2.04. The molecule has 0 aliphatic rings. The van der Waals surface area contributed by atoms with Crippen LogP contribution in [0.3, 0.4) is 0 Å². The average molecular weight is 185 g/mol. The molecule has 0 aliphatic carbocycles. The summed E-state index contributed by atoms with van der Waals surface area (Å²) in [5.74, 6) is -0.120. The first-order valence-electron chi connectivity index (χ1n) is 3.48. The molecular formula is C8H6ClFN2. The van der Waals surface area contributed by atoms with E-state index < -0.39 is 0 Å². The number of imidazole rings is 1. The highest BCUT2D eigenvalue weighted by molar-refractivity contribution is 6.17. The van der Waals surface area contributed by atoms with Crippen LogP contribution in [0.5, 0.6) is 0 Å². The lowest BCUT2D eigenvalue weighted by molar-refractivity contribution is 0.618. The third-order valence-corrected chi connectivity index (χ3v) is 2.02. The topological polar surface area (TPSA) is 28.7 Å². The molecule has 0 spiro atoms. The summed E-state index contributed by atoms with van der Waals surface area (Å²) < 4.78 is 13.1. The minimum absolute atomic E-state index is 0.181. The number of benzene rings is 1. The predicted octanol–water partition coefficient (Wildman–Crippen LogP) is 2.44. The van der Waals surface area contributed by atoms with Gasteiger partial charge >= 0.3 is 0 Å². The molecule has 1 aromatic carbocycles. The van der Waals surface area contributed by atoms with Crippen LogP contribution < -0.4 is 0 Å². The van der Waals surface area contributed by atoms with E-state index in [1.54, 1.807) is 6.07 Å². The van der Waals surface area contributed by atoms with Gasteiger partial charge in [-0.25, -0.2) is 9.37 Å².